The Morgan fingerprint density at radius 3 is 2.33 bits per heavy atom. The predicted molar refractivity (Wildman–Crippen MR) is 67.7 cm³/mol. The van der Waals surface area contributed by atoms with E-state index in [1.165, 1.54) is 0 Å². The van der Waals surface area contributed by atoms with Gasteiger partial charge in [0, 0.05) is 5.69 Å². The SMILES string of the molecule is CC(C)[NH2+]CC(C)OC(=O)c1ccc(N)cc1.[Cl-]. The maximum absolute atomic E-state index is 11.7. The molecule has 0 saturated carbocycles. The highest BCUT2D eigenvalue weighted by Crippen LogP contribution is 2.07. The number of esters is 1. The quantitative estimate of drug-likeness (QED) is 0.472. The van der Waals surface area contributed by atoms with Crippen LogP contribution in [0.3, 0.4) is 0 Å². The molecule has 0 amide bonds. The maximum Gasteiger partial charge on any atom is 0.338 e. The zero-order valence-electron chi connectivity index (χ0n) is 11.0. The zero-order chi connectivity index (χ0) is 12.8. The first-order chi connectivity index (χ1) is 7.99. The summed E-state index contributed by atoms with van der Waals surface area (Å²) in [5, 5.41) is 2.14. The lowest BCUT2D eigenvalue weighted by atomic mass is 10.2. The summed E-state index contributed by atoms with van der Waals surface area (Å²) in [7, 11) is 0. The lowest BCUT2D eigenvalue weighted by Gasteiger charge is -2.13. The Kier molecular flexibility index (Phi) is 7.39. The average Bonchev–Trinajstić information content (AvgIpc) is 2.27. The molecule has 0 saturated heterocycles. The van der Waals surface area contributed by atoms with Crippen LogP contribution < -0.4 is 23.5 Å². The number of ether oxygens (including phenoxy) is 1. The van der Waals surface area contributed by atoms with E-state index in [0.29, 0.717) is 17.3 Å². The van der Waals surface area contributed by atoms with E-state index in [1.54, 1.807) is 24.3 Å². The Hall–Kier alpha value is -1.26. The second kappa shape index (κ2) is 7.95. The topological polar surface area (TPSA) is 68.9 Å². The molecule has 0 aliphatic rings. The largest absolute Gasteiger partial charge is 1.00 e. The Labute approximate surface area is 114 Å². The molecule has 1 aromatic carbocycles. The fourth-order valence-electron chi connectivity index (χ4n) is 1.38. The highest BCUT2D eigenvalue weighted by Gasteiger charge is 2.13. The van der Waals surface area contributed by atoms with E-state index >= 15 is 0 Å². The Balaban J connectivity index is 0.00000289. The van der Waals surface area contributed by atoms with E-state index in [1.807, 2.05) is 6.92 Å². The van der Waals surface area contributed by atoms with Gasteiger partial charge in [-0.15, -0.1) is 0 Å². The Bertz CT molecular complexity index is 366. The molecule has 18 heavy (non-hydrogen) atoms. The van der Waals surface area contributed by atoms with Crippen molar-refractivity contribution < 1.29 is 27.3 Å². The minimum atomic E-state index is -0.297. The van der Waals surface area contributed by atoms with Crippen LogP contribution >= 0.6 is 0 Å². The number of quaternary nitrogens is 1. The van der Waals surface area contributed by atoms with Crippen LogP contribution in [-0.2, 0) is 4.74 Å². The molecule has 1 unspecified atom stereocenters. The molecular formula is C13H21ClN2O2. The molecule has 5 heteroatoms. The fourth-order valence-corrected chi connectivity index (χ4v) is 1.38. The van der Waals surface area contributed by atoms with Gasteiger partial charge in [-0.1, -0.05) is 0 Å². The molecule has 1 atom stereocenters. The summed E-state index contributed by atoms with van der Waals surface area (Å²) in [6.07, 6.45) is -0.0950. The molecule has 0 aromatic heterocycles. The van der Waals surface area contributed by atoms with Crippen molar-refractivity contribution in [3.63, 3.8) is 0 Å². The van der Waals surface area contributed by atoms with Crippen molar-refractivity contribution in [1.29, 1.82) is 0 Å². The molecule has 0 bridgehead atoms. The lowest BCUT2D eigenvalue weighted by Crippen LogP contribution is -3.00. The van der Waals surface area contributed by atoms with Crippen molar-refractivity contribution >= 4 is 11.7 Å². The van der Waals surface area contributed by atoms with E-state index in [2.05, 4.69) is 19.2 Å². The van der Waals surface area contributed by atoms with Crippen molar-refractivity contribution in [2.75, 3.05) is 12.3 Å². The summed E-state index contributed by atoms with van der Waals surface area (Å²) in [5.41, 5.74) is 6.73. The van der Waals surface area contributed by atoms with E-state index in [0.717, 1.165) is 6.54 Å². The number of nitrogens with two attached hydrogens (primary N) is 2. The zero-order valence-corrected chi connectivity index (χ0v) is 11.8. The third kappa shape index (κ3) is 5.89. The summed E-state index contributed by atoms with van der Waals surface area (Å²) in [6.45, 7) is 6.88. The van der Waals surface area contributed by atoms with Crippen LogP contribution in [0.4, 0.5) is 5.69 Å². The van der Waals surface area contributed by atoms with Gasteiger partial charge in [0.2, 0.25) is 0 Å². The normalized spacial score (nSPS) is 11.8. The van der Waals surface area contributed by atoms with Crippen LogP contribution in [0.2, 0.25) is 0 Å². The first kappa shape index (κ1) is 16.7. The number of hydrogen-bond acceptors (Lipinski definition) is 3. The van der Waals surface area contributed by atoms with Crippen LogP contribution in [-0.4, -0.2) is 24.7 Å². The van der Waals surface area contributed by atoms with Crippen LogP contribution in [0.5, 0.6) is 0 Å². The van der Waals surface area contributed by atoms with Gasteiger partial charge in [-0.3, -0.25) is 0 Å². The number of anilines is 1. The van der Waals surface area contributed by atoms with Gasteiger partial charge in [-0.05, 0) is 45.0 Å². The minimum absolute atomic E-state index is 0. The van der Waals surface area contributed by atoms with Crippen molar-refractivity contribution in [3.05, 3.63) is 29.8 Å². The maximum atomic E-state index is 11.7. The van der Waals surface area contributed by atoms with E-state index in [9.17, 15) is 4.79 Å². The summed E-state index contributed by atoms with van der Waals surface area (Å²) in [5.74, 6) is -0.297. The number of rotatable bonds is 5. The summed E-state index contributed by atoms with van der Waals surface area (Å²) in [4.78, 5) is 11.7. The Morgan fingerprint density at radius 1 is 1.28 bits per heavy atom. The molecule has 1 rings (SSSR count). The minimum Gasteiger partial charge on any atom is -1.00 e. The smallest absolute Gasteiger partial charge is 0.338 e. The van der Waals surface area contributed by atoms with Crippen LogP contribution in [0.1, 0.15) is 31.1 Å². The molecule has 1 aromatic rings. The summed E-state index contributed by atoms with van der Waals surface area (Å²) in [6, 6.07) is 7.25. The van der Waals surface area contributed by atoms with E-state index in [4.69, 9.17) is 10.5 Å². The second-order valence-corrected chi connectivity index (χ2v) is 4.55. The highest BCUT2D eigenvalue weighted by atomic mass is 35.5. The van der Waals surface area contributed by atoms with Gasteiger partial charge < -0.3 is 28.2 Å². The standard InChI is InChI=1S/C13H20N2O2.ClH/c1-9(2)15-8-10(3)17-13(16)11-4-6-12(14)7-5-11;/h4-7,9-10,15H,8,14H2,1-3H3;1H. The van der Waals surface area contributed by atoms with Crippen LogP contribution in [0, 0.1) is 0 Å². The van der Waals surface area contributed by atoms with Gasteiger partial charge >= 0.3 is 5.97 Å². The van der Waals surface area contributed by atoms with Crippen molar-refractivity contribution in [3.8, 4) is 0 Å². The molecule has 102 valence electrons. The molecule has 0 aliphatic carbocycles. The molecular weight excluding hydrogens is 252 g/mol. The van der Waals surface area contributed by atoms with Gasteiger partial charge in [0.25, 0.3) is 0 Å². The third-order valence-electron chi connectivity index (χ3n) is 2.39. The number of carbonyl (C=O) groups excluding carboxylic acids is 1. The van der Waals surface area contributed by atoms with Gasteiger partial charge in [-0.2, -0.15) is 0 Å². The third-order valence-corrected chi connectivity index (χ3v) is 2.39. The number of benzene rings is 1. The molecule has 4 N–H and O–H groups in total. The van der Waals surface area contributed by atoms with Gasteiger partial charge in [0.05, 0.1) is 11.6 Å². The van der Waals surface area contributed by atoms with Gasteiger partial charge in [0.15, 0.2) is 0 Å². The van der Waals surface area contributed by atoms with Gasteiger partial charge in [-0.25, -0.2) is 4.79 Å². The number of nitrogen functional groups attached to an aromatic ring is 1. The van der Waals surface area contributed by atoms with Crippen LogP contribution in [0.25, 0.3) is 0 Å². The second-order valence-electron chi connectivity index (χ2n) is 4.55. The number of carbonyl (C=O) groups is 1. The summed E-state index contributed by atoms with van der Waals surface area (Å²) >= 11 is 0. The first-order valence-electron chi connectivity index (χ1n) is 5.89. The molecule has 0 heterocycles. The molecule has 0 fully saturated rings. The highest BCUT2D eigenvalue weighted by molar-refractivity contribution is 5.89. The number of halogens is 1. The predicted octanol–water partition coefficient (Wildman–Crippen LogP) is -2.21. The van der Waals surface area contributed by atoms with E-state index in [-0.39, 0.29) is 24.5 Å². The van der Waals surface area contributed by atoms with Crippen LogP contribution in [0.15, 0.2) is 24.3 Å². The number of hydrogen-bond donors (Lipinski definition) is 2. The van der Waals surface area contributed by atoms with Crippen molar-refractivity contribution in [2.45, 2.75) is 32.9 Å². The lowest BCUT2D eigenvalue weighted by molar-refractivity contribution is -0.687. The molecule has 0 radical (unpaired) electrons. The first-order valence-corrected chi connectivity index (χ1v) is 5.89. The average molecular weight is 273 g/mol. The van der Waals surface area contributed by atoms with Gasteiger partial charge in [0.1, 0.15) is 12.6 Å². The monoisotopic (exact) mass is 272 g/mol. The van der Waals surface area contributed by atoms with E-state index < -0.39 is 0 Å². The summed E-state index contributed by atoms with van der Waals surface area (Å²) < 4.78 is 5.32. The molecule has 0 aliphatic heterocycles. The Morgan fingerprint density at radius 2 is 1.83 bits per heavy atom. The fraction of sp³-hybridized carbons (Fsp3) is 0.462. The molecule has 4 nitrogen and oxygen atoms in total. The van der Waals surface area contributed by atoms with Crippen molar-refractivity contribution in [1.82, 2.24) is 0 Å². The van der Waals surface area contributed by atoms with Crippen molar-refractivity contribution in [2.24, 2.45) is 0 Å². The molecule has 0 spiro atoms.